The summed E-state index contributed by atoms with van der Waals surface area (Å²) in [6.07, 6.45) is 2.54. The molecule has 104 valence electrons. The lowest BCUT2D eigenvalue weighted by Crippen LogP contribution is -2.39. The van der Waals surface area contributed by atoms with Gasteiger partial charge in [0.25, 0.3) is 0 Å². The average Bonchev–Trinajstić information content (AvgIpc) is 2.81. The zero-order valence-electron chi connectivity index (χ0n) is 11.2. The summed E-state index contributed by atoms with van der Waals surface area (Å²) in [5, 5.41) is 2.68. The summed E-state index contributed by atoms with van der Waals surface area (Å²) in [4.78, 5) is 0. The molecule has 1 heterocycles. The van der Waals surface area contributed by atoms with Crippen LogP contribution in [0.3, 0.4) is 0 Å². The second-order valence-electron chi connectivity index (χ2n) is 4.40. The van der Waals surface area contributed by atoms with E-state index in [0.29, 0.717) is 12.3 Å². The molecule has 1 rings (SSSR count). The molecule has 1 atom stereocenters. The van der Waals surface area contributed by atoms with Gasteiger partial charge in [0.1, 0.15) is 5.76 Å². The summed E-state index contributed by atoms with van der Waals surface area (Å²) in [5.41, 5.74) is 0. The molecule has 1 N–H and O–H groups in total. The van der Waals surface area contributed by atoms with Gasteiger partial charge in [0, 0.05) is 13.6 Å². The van der Waals surface area contributed by atoms with Crippen LogP contribution >= 0.6 is 0 Å². The SMILES string of the molecule is CCCNCC(C)S(=O)(=O)N(C)Cc1ccco1. The van der Waals surface area contributed by atoms with Gasteiger partial charge < -0.3 is 9.73 Å². The molecular weight excluding hydrogens is 252 g/mol. The predicted molar refractivity (Wildman–Crippen MR) is 71.7 cm³/mol. The molecule has 0 aliphatic carbocycles. The standard InChI is InChI=1S/C12H22N2O3S/c1-4-7-13-9-11(2)18(15,16)14(3)10-12-6-5-8-17-12/h5-6,8,11,13H,4,7,9-10H2,1-3H3. The molecule has 1 aromatic rings. The van der Waals surface area contributed by atoms with Gasteiger partial charge in [0.05, 0.1) is 18.1 Å². The number of furan rings is 1. The second kappa shape index (κ2) is 6.92. The van der Waals surface area contributed by atoms with Gasteiger partial charge in [-0.05, 0) is 32.0 Å². The van der Waals surface area contributed by atoms with Crippen molar-refractivity contribution in [3.8, 4) is 0 Å². The van der Waals surface area contributed by atoms with Crippen LogP contribution in [0.25, 0.3) is 0 Å². The van der Waals surface area contributed by atoms with Crippen LogP contribution in [0.2, 0.25) is 0 Å². The zero-order valence-corrected chi connectivity index (χ0v) is 12.0. The third kappa shape index (κ3) is 4.12. The lowest BCUT2D eigenvalue weighted by Gasteiger charge is -2.21. The molecule has 5 nitrogen and oxygen atoms in total. The van der Waals surface area contributed by atoms with E-state index in [0.717, 1.165) is 13.0 Å². The van der Waals surface area contributed by atoms with Crippen molar-refractivity contribution >= 4 is 10.0 Å². The highest BCUT2D eigenvalue weighted by Crippen LogP contribution is 2.11. The Hall–Kier alpha value is -0.850. The summed E-state index contributed by atoms with van der Waals surface area (Å²) in [6.45, 7) is 5.35. The monoisotopic (exact) mass is 274 g/mol. The Kier molecular flexibility index (Phi) is 5.84. The fourth-order valence-corrected chi connectivity index (χ4v) is 2.86. The number of rotatable bonds is 8. The minimum atomic E-state index is -3.28. The third-order valence-electron chi connectivity index (χ3n) is 2.76. The first-order valence-electron chi connectivity index (χ1n) is 6.16. The predicted octanol–water partition coefficient (Wildman–Crippen LogP) is 1.43. The summed E-state index contributed by atoms with van der Waals surface area (Å²) >= 11 is 0. The molecule has 0 aliphatic rings. The van der Waals surface area contributed by atoms with E-state index in [4.69, 9.17) is 4.42 Å². The van der Waals surface area contributed by atoms with Gasteiger partial charge in [-0.3, -0.25) is 0 Å². The lowest BCUT2D eigenvalue weighted by atomic mass is 10.4. The minimum Gasteiger partial charge on any atom is -0.468 e. The van der Waals surface area contributed by atoms with E-state index in [-0.39, 0.29) is 6.54 Å². The van der Waals surface area contributed by atoms with Crippen molar-refractivity contribution in [3.63, 3.8) is 0 Å². The van der Waals surface area contributed by atoms with Gasteiger partial charge in [-0.15, -0.1) is 0 Å². The third-order valence-corrected chi connectivity index (χ3v) is 4.94. The molecule has 0 spiro atoms. The highest BCUT2D eigenvalue weighted by Gasteiger charge is 2.26. The molecule has 0 aromatic carbocycles. The smallest absolute Gasteiger partial charge is 0.218 e. The largest absolute Gasteiger partial charge is 0.468 e. The number of nitrogens with one attached hydrogen (secondary N) is 1. The minimum absolute atomic E-state index is 0.271. The Morgan fingerprint density at radius 1 is 1.50 bits per heavy atom. The van der Waals surface area contributed by atoms with Crippen LogP contribution in [0.1, 0.15) is 26.0 Å². The van der Waals surface area contributed by atoms with Gasteiger partial charge in [0.2, 0.25) is 10.0 Å². The van der Waals surface area contributed by atoms with Crippen molar-refractivity contribution < 1.29 is 12.8 Å². The summed E-state index contributed by atoms with van der Waals surface area (Å²) < 4.78 is 30.9. The molecule has 6 heteroatoms. The van der Waals surface area contributed by atoms with Crippen molar-refractivity contribution in [2.75, 3.05) is 20.1 Å². The quantitative estimate of drug-likeness (QED) is 0.728. The van der Waals surface area contributed by atoms with E-state index in [1.165, 1.54) is 4.31 Å². The lowest BCUT2D eigenvalue weighted by molar-refractivity contribution is 0.400. The highest BCUT2D eigenvalue weighted by molar-refractivity contribution is 7.89. The van der Waals surface area contributed by atoms with Crippen molar-refractivity contribution in [1.29, 1.82) is 0 Å². The van der Waals surface area contributed by atoms with E-state index in [2.05, 4.69) is 12.2 Å². The van der Waals surface area contributed by atoms with Gasteiger partial charge >= 0.3 is 0 Å². The zero-order chi connectivity index (χ0) is 13.6. The first-order valence-corrected chi connectivity index (χ1v) is 7.67. The molecule has 0 aliphatic heterocycles. The molecule has 0 radical (unpaired) electrons. The first-order chi connectivity index (χ1) is 8.48. The Labute approximate surface area is 109 Å². The Bertz CT molecular complexity index is 428. The van der Waals surface area contributed by atoms with Crippen LogP contribution in [0, 0.1) is 0 Å². The van der Waals surface area contributed by atoms with E-state index >= 15 is 0 Å². The molecule has 18 heavy (non-hydrogen) atoms. The normalized spacial score (nSPS) is 14.0. The highest BCUT2D eigenvalue weighted by atomic mass is 32.2. The molecule has 0 saturated carbocycles. The molecule has 1 unspecified atom stereocenters. The number of sulfonamides is 1. The van der Waals surface area contributed by atoms with E-state index in [9.17, 15) is 8.42 Å². The maximum atomic E-state index is 12.2. The van der Waals surface area contributed by atoms with Gasteiger partial charge in [-0.25, -0.2) is 8.42 Å². The van der Waals surface area contributed by atoms with Crippen molar-refractivity contribution in [2.24, 2.45) is 0 Å². The van der Waals surface area contributed by atoms with Crippen molar-refractivity contribution in [3.05, 3.63) is 24.2 Å². The maximum absolute atomic E-state index is 12.2. The molecule has 0 bridgehead atoms. The van der Waals surface area contributed by atoms with Gasteiger partial charge in [0.15, 0.2) is 0 Å². The number of hydrogen-bond acceptors (Lipinski definition) is 4. The van der Waals surface area contributed by atoms with Crippen LogP contribution in [-0.2, 0) is 16.6 Å². The van der Waals surface area contributed by atoms with Gasteiger partial charge in [-0.2, -0.15) is 4.31 Å². The fraction of sp³-hybridized carbons (Fsp3) is 0.667. The summed E-state index contributed by atoms with van der Waals surface area (Å²) in [6, 6.07) is 3.52. The molecular formula is C12H22N2O3S. The van der Waals surface area contributed by atoms with Crippen molar-refractivity contribution in [1.82, 2.24) is 9.62 Å². The fourth-order valence-electron chi connectivity index (χ4n) is 1.61. The van der Waals surface area contributed by atoms with E-state index < -0.39 is 15.3 Å². The van der Waals surface area contributed by atoms with Crippen LogP contribution in [-0.4, -0.2) is 38.1 Å². The second-order valence-corrected chi connectivity index (χ2v) is 6.85. The molecule has 1 aromatic heterocycles. The molecule has 0 saturated heterocycles. The van der Waals surface area contributed by atoms with Crippen LogP contribution in [0.4, 0.5) is 0 Å². The Morgan fingerprint density at radius 2 is 2.22 bits per heavy atom. The maximum Gasteiger partial charge on any atom is 0.218 e. The van der Waals surface area contributed by atoms with Crippen LogP contribution in [0.15, 0.2) is 22.8 Å². The van der Waals surface area contributed by atoms with Crippen molar-refractivity contribution in [2.45, 2.75) is 32.1 Å². The Morgan fingerprint density at radius 3 is 2.78 bits per heavy atom. The first kappa shape index (κ1) is 15.2. The topological polar surface area (TPSA) is 62.6 Å². The average molecular weight is 274 g/mol. The summed E-state index contributed by atoms with van der Waals surface area (Å²) in [5.74, 6) is 0.648. The Balaban J connectivity index is 2.56. The van der Waals surface area contributed by atoms with E-state index in [1.807, 2.05) is 0 Å². The van der Waals surface area contributed by atoms with E-state index in [1.54, 1.807) is 32.4 Å². The number of hydrogen-bond donors (Lipinski definition) is 1. The van der Waals surface area contributed by atoms with Gasteiger partial charge in [-0.1, -0.05) is 6.92 Å². The summed E-state index contributed by atoms with van der Waals surface area (Å²) in [7, 11) is -1.71. The number of nitrogens with zero attached hydrogens (tertiary/aromatic N) is 1. The van der Waals surface area contributed by atoms with Crippen LogP contribution < -0.4 is 5.32 Å². The molecule has 0 amide bonds. The van der Waals surface area contributed by atoms with Crippen LogP contribution in [0.5, 0.6) is 0 Å². The molecule has 0 fully saturated rings.